The number of nitrogens with one attached hydrogen (secondary N) is 2. The van der Waals surface area contributed by atoms with E-state index in [1.165, 1.54) is 7.11 Å². The van der Waals surface area contributed by atoms with E-state index in [1.54, 1.807) is 18.2 Å². The first-order chi connectivity index (χ1) is 12.5. The highest BCUT2D eigenvalue weighted by Crippen LogP contribution is 2.41. The number of aromatic amines is 2. The van der Waals surface area contributed by atoms with Crippen LogP contribution in [0, 0.1) is 16.1 Å². The van der Waals surface area contributed by atoms with E-state index >= 15 is 0 Å². The molecule has 1 aromatic carbocycles. The smallest absolute Gasteiger partial charge is 0.259 e. The Bertz CT molecular complexity index is 1050. The van der Waals surface area contributed by atoms with Crippen LogP contribution in [0.5, 0.6) is 17.4 Å². The number of fused-ring (bicyclic) bond motifs is 1. The standard InChI is InChI=1S/C17H16N4O4S/c1-3-24-10-5-4-8(6-11(10)23-2)12-9(7-18)14(19)25-16-13(12)15(22)20-17(26)21-16/h4-6,12H,3,19H2,1-2H3,(H2,20,21,22,26)/t12-/m0/s1. The predicted molar refractivity (Wildman–Crippen MR) is 95.7 cm³/mol. The minimum absolute atomic E-state index is 0.0888. The minimum Gasteiger partial charge on any atom is -0.493 e. The van der Waals surface area contributed by atoms with Crippen LogP contribution in [0.15, 0.2) is 34.4 Å². The van der Waals surface area contributed by atoms with Gasteiger partial charge < -0.3 is 24.9 Å². The number of aromatic nitrogens is 2. The highest BCUT2D eigenvalue weighted by molar-refractivity contribution is 7.71. The van der Waals surface area contributed by atoms with E-state index in [1.807, 2.05) is 13.0 Å². The molecule has 0 saturated carbocycles. The van der Waals surface area contributed by atoms with Gasteiger partial charge in [-0.3, -0.25) is 9.78 Å². The summed E-state index contributed by atoms with van der Waals surface area (Å²) in [5.74, 6) is 0.336. The fourth-order valence-corrected chi connectivity index (χ4v) is 3.05. The molecule has 0 radical (unpaired) electrons. The lowest BCUT2D eigenvalue weighted by Gasteiger charge is -2.25. The maximum Gasteiger partial charge on any atom is 0.259 e. The average Bonchev–Trinajstić information content (AvgIpc) is 2.61. The van der Waals surface area contributed by atoms with Gasteiger partial charge in [-0.25, -0.2) is 0 Å². The molecule has 0 aliphatic carbocycles. The van der Waals surface area contributed by atoms with Gasteiger partial charge in [0.15, 0.2) is 16.3 Å². The highest BCUT2D eigenvalue weighted by Gasteiger charge is 2.34. The van der Waals surface area contributed by atoms with E-state index in [0.29, 0.717) is 23.7 Å². The Hall–Kier alpha value is -3.25. The number of hydrogen-bond donors (Lipinski definition) is 3. The molecule has 134 valence electrons. The number of H-pyrrole nitrogens is 2. The summed E-state index contributed by atoms with van der Waals surface area (Å²) in [5.41, 5.74) is 6.41. The molecule has 1 aliphatic heterocycles. The molecule has 26 heavy (non-hydrogen) atoms. The molecule has 2 heterocycles. The second kappa shape index (κ2) is 6.93. The van der Waals surface area contributed by atoms with E-state index in [9.17, 15) is 10.1 Å². The summed E-state index contributed by atoms with van der Waals surface area (Å²) in [6, 6.07) is 7.20. The normalized spacial score (nSPS) is 15.7. The second-order valence-electron chi connectivity index (χ2n) is 5.42. The molecule has 0 spiro atoms. The summed E-state index contributed by atoms with van der Waals surface area (Å²) in [6.07, 6.45) is 0. The Morgan fingerprint density at radius 2 is 2.15 bits per heavy atom. The third-order valence-corrected chi connectivity index (χ3v) is 4.14. The van der Waals surface area contributed by atoms with Gasteiger partial charge in [-0.05, 0) is 36.8 Å². The number of nitrogens with two attached hydrogens (primary N) is 1. The van der Waals surface area contributed by atoms with Crippen molar-refractivity contribution < 1.29 is 14.2 Å². The zero-order chi connectivity index (χ0) is 18.8. The Morgan fingerprint density at radius 1 is 1.38 bits per heavy atom. The highest BCUT2D eigenvalue weighted by atomic mass is 32.1. The Kier molecular flexibility index (Phi) is 4.69. The molecule has 0 fully saturated rings. The lowest BCUT2D eigenvalue weighted by Crippen LogP contribution is -2.28. The monoisotopic (exact) mass is 372 g/mol. The molecule has 8 nitrogen and oxygen atoms in total. The van der Waals surface area contributed by atoms with Gasteiger partial charge in [0, 0.05) is 0 Å². The van der Waals surface area contributed by atoms with Gasteiger partial charge in [0.05, 0.1) is 25.2 Å². The lowest BCUT2D eigenvalue weighted by molar-refractivity contribution is 0.310. The van der Waals surface area contributed by atoms with Crippen LogP contribution < -0.4 is 25.5 Å². The number of benzene rings is 1. The van der Waals surface area contributed by atoms with E-state index in [2.05, 4.69) is 9.97 Å². The number of nitrogens with zero attached hydrogens (tertiary/aromatic N) is 1. The molecule has 1 atom stereocenters. The first kappa shape index (κ1) is 17.6. The summed E-state index contributed by atoms with van der Waals surface area (Å²) >= 11 is 4.97. The Labute approximate surface area is 153 Å². The average molecular weight is 372 g/mol. The number of hydrogen-bond acceptors (Lipinski definition) is 7. The van der Waals surface area contributed by atoms with Gasteiger partial charge in [-0.2, -0.15) is 5.26 Å². The first-order valence-corrected chi connectivity index (χ1v) is 8.15. The third-order valence-electron chi connectivity index (χ3n) is 3.94. The Morgan fingerprint density at radius 3 is 2.81 bits per heavy atom. The molecular formula is C17H16N4O4S. The van der Waals surface area contributed by atoms with Crippen LogP contribution in [0.4, 0.5) is 0 Å². The number of ether oxygens (including phenoxy) is 3. The molecule has 0 saturated heterocycles. The summed E-state index contributed by atoms with van der Waals surface area (Å²) < 4.78 is 16.4. The van der Waals surface area contributed by atoms with Crippen LogP contribution in [0.3, 0.4) is 0 Å². The van der Waals surface area contributed by atoms with Crippen molar-refractivity contribution in [2.45, 2.75) is 12.8 Å². The molecule has 1 aromatic heterocycles. The van der Waals surface area contributed by atoms with Crippen molar-refractivity contribution in [2.24, 2.45) is 5.73 Å². The van der Waals surface area contributed by atoms with Crippen molar-refractivity contribution in [3.63, 3.8) is 0 Å². The van der Waals surface area contributed by atoms with Gasteiger partial charge in [0.25, 0.3) is 5.56 Å². The molecule has 1 aliphatic rings. The summed E-state index contributed by atoms with van der Waals surface area (Å²) in [4.78, 5) is 17.8. The van der Waals surface area contributed by atoms with Crippen LogP contribution in [0.1, 0.15) is 24.0 Å². The van der Waals surface area contributed by atoms with Crippen LogP contribution in [0.2, 0.25) is 0 Å². The largest absolute Gasteiger partial charge is 0.493 e. The van der Waals surface area contributed by atoms with Gasteiger partial charge in [-0.15, -0.1) is 0 Å². The van der Waals surface area contributed by atoms with Crippen molar-refractivity contribution in [2.75, 3.05) is 13.7 Å². The SMILES string of the molecule is CCOc1ccc([C@H]2C(C#N)=C(N)Oc3[nH]c(=S)[nH]c(=O)c32)cc1OC. The molecule has 2 aromatic rings. The van der Waals surface area contributed by atoms with E-state index in [4.69, 9.17) is 32.2 Å². The van der Waals surface area contributed by atoms with Gasteiger partial charge >= 0.3 is 0 Å². The third kappa shape index (κ3) is 2.91. The van der Waals surface area contributed by atoms with Crippen molar-refractivity contribution in [3.05, 3.63) is 55.9 Å². The fraction of sp³-hybridized carbons (Fsp3) is 0.235. The maximum absolute atomic E-state index is 12.5. The van der Waals surface area contributed by atoms with Crippen LogP contribution in [-0.2, 0) is 0 Å². The van der Waals surface area contributed by atoms with Crippen molar-refractivity contribution >= 4 is 12.2 Å². The number of nitriles is 1. The van der Waals surface area contributed by atoms with Crippen molar-refractivity contribution in [1.82, 2.24) is 9.97 Å². The second-order valence-corrected chi connectivity index (χ2v) is 5.83. The Balaban J connectivity index is 2.25. The lowest BCUT2D eigenvalue weighted by atomic mass is 9.85. The number of methoxy groups -OCH3 is 1. The number of allylic oxidation sites excluding steroid dienone is 1. The minimum atomic E-state index is -0.732. The molecule has 0 amide bonds. The summed E-state index contributed by atoms with van der Waals surface area (Å²) in [7, 11) is 1.51. The van der Waals surface area contributed by atoms with Crippen LogP contribution >= 0.6 is 12.2 Å². The van der Waals surface area contributed by atoms with Gasteiger partial charge in [0.1, 0.15) is 11.6 Å². The van der Waals surface area contributed by atoms with Crippen molar-refractivity contribution in [3.8, 4) is 23.4 Å². The zero-order valence-corrected chi connectivity index (χ0v) is 14.9. The zero-order valence-electron chi connectivity index (χ0n) is 14.1. The number of rotatable bonds is 4. The van der Waals surface area contributed by atoms with Crippen LogP contribution in [0.25, 0.3) is 0 Å². The fourth-order valence-electron chi connectivity index (χ4n) is 2.86. The molecular weight excluding hydrogens is 356 g/mol. The summed E-state index contributed by atoms with van der Waals surface area (Å²) in [5, 5.41) is 9.56. The molecule has 9 heteroatoms. The summed E-state index contributed by atoms with van der Waals surface area (Å²) in [6.45, 7) is 2.34. The van der Waals surface area contributed by atoms with Gasteiger partial charge in [-0.1, -0.05) is 6.07 Å². The quantitative estimate of drug-likeness (QED) is 0.701. The molecule has 0 bridgehead atoms. The maximum atomic E-state index is 12.5. The topological polar surface area (TPSA) is 126 Å². The first-order valence-electron chi connectivity index (χ1n) is 7.75. The van der Waals surface area contributed by atoms with E-state index < -0.39 is 11.5 Å². The molecule has 0 unspecified atom stereocenters. The van der Waals surface area contributed by atoms with Crippen molar-refractivity contribution in [1.29, 1.82) is 5.26 Å². The van der Waals surface area contributed by atoms with E-state index in [0.717, 1.165) is 0 Å². The predicted octanol–water partition coefficient (Wildman–Crippen LogP) is 2.06. The van der Waals surface area contributed by atoms with Gasteiger partial charge in [0.2, 0.25) is 11.8 Å². The molecule has 3 rings (SSSR count). The molecule has 4 N–H and O–H groups in total. The van der Waals surface area contributed by atoms with E-state index in [-0.39, 0.29) is 27.7 Å². The van der Waals surface area contributed by atoms with Crippen LogP contribution in [-0.4, -0.2) is 23.7 Å².